The van der Waals surface area contributed by atoms with Crippen LogP contribution in [0.1, 0.15) is 5.56 Å². The van der Waals surface area contributed by atoms with Gasteiger partial charge in [-0.25, -0.2) is 0 Å². The number of methoxy groups -OCH3 is 1. The van der Waals surface area contributed by atoms with Gasteiger partial charge in [-0.05, 0) is 17.7 Å². The normalized spacial score (nSPS) is 14.7. The van der Waals surface area contributed by atoms with Crippen LogP contribution < -0.4 is 4.74 Å². The fourth-order valence-electron chi connectivity index (χ4n) is 0.905. The Kier molecular flexibility index (Phi) is 3.82. The second-order valence-electron chi connectivity index (χ2n) is 2.54. The van der Waals surface area contributed by atoms with Crippen molar-refractivity contribution in [1.82, 2.24) is 0 Å². The first kappa shape index (κ1) is 11.4. The van der Waals surface area contributed by atoms with Crippen molar-refractivity contribution in [2.75, 3.05) is 7.11 Å². The SMILES string of the molecule is COc1cccc(COS(=O)(O)=S)c1. The van der Waals surface area contributed by atoms with Gasteiger partial charge >= 0.3 is 0 Å². The molecule has 1 aromatic carbocycles. The average Bonchev–Trinajstić information content (AvgIpc) is 2.14. The lowest BCUT2D eigenvalue weighted by atomic mass is 10.2. The number of ether oxygens (including phenoxy) is 1. The van der Waals surface area contributed by atoms with E-state index in [2.05, 4.69) is 15.4 Å². The molecule has 14 heavy (non-hydrogen) atoms. The van der Waals surface area contributed by atoms with Crippen LogP contribution in [0.25, 0.3) is 0 Å². The highest BCUT2D eigenvalue weighted by Gasteiger charge is 2.01. The summed E-state index contributed by atoms with van der Waals surface area (Å²) >= 11 is 4.18. The molecule has 0 saturated heterocycles. The average molecular weight is 234 g/mol. The maximum Gasteiger partial charge on any atom is 0.266 e. The van der Waals surface area contributed by atoms with Crippen LogP contribution in [-0.2, 0) is 31.0 Å². The smallest absolute Gasteiger partial charge is 0.266 e. The number of hydrogen-bond acceptors (Lipinski definition) is 4. The lowest BCUT2D eigenvalue weighted by Gasteiger charge is -2.04. The Balaban J connectivity index is 2.68. The summed E-state index contributed by atoms with van der Waals surface area (Å²) in [5, 5.41) is 0. The summed E-state index contributed by atoms with van der Waals surface area (Å²) in [5.41, 5.74) is 0.732. The summed E-state index contributed by atoms with van der Waals surface area (Å²) in [5.74, 6) is 0.667. The van der Waals surface area contributed by atoms with Crippen molar-refractivity contribution in [2.45, 2.75) is 6.61 Å². The highest BCUT2D eigenvalue weighted by atomic mass is 32.9. The third kappa shape index (κ3) is 4.01. The van der Waals surface area contributed by atoms with E-state index in [0.29, 0.717) is 5.75 Å². The quantitative estimate of drug-likeness (QED) is 0.852. The Morgan fingerprint density at radius 1 is 1.57 bits per heavy atom. The molecule has 0 aliphatic rings. The highest BCUT2D eigenvalue weighted by molar-refractivity contribution is 8.27. The minimum Gasteiger partial charge on any atom is -0.497 e. The summed E-state index contributed by atoms with van der Waals surface area (Å²) in [6, 6.07) is 7.00. The van der Waals surface area contributed by atoms with Crippen LogP contribution in [0.3, 0.4) is 0 Å². The molecule has 1 N–H and O–H groups in total. The van der Waals surface area contributed by atoms with Gasteiger partial charge in [-0.15, -0.1) is 0 Å². The maximum atomic E-state index is 10.6. The molecule has 1 aromatic rings. The molecule has 0 aliphatic carbocycles. The number of hydrogen-bond donors (Lipinski definition) is 1. The fourth-order valence-corrected chi connectivity index (χ4v) is 1.33. The van der Waals surface area contributed by atoms with Crippen LogP contribution in [0.4, 0.5) is 0 Å². The van der Waals surface area contributed by atoms with Gasteiger partial charge in [0.05, 0.1) is 13.7 Å². The molecule has 0 aliphatic heterocycles. The van der Waals surface area contributed by atoms with Crippen molar-refractivity contribution in [3.63, 3.8) is 0 Å². The van der Waals surface area contributed by atoms with Gasteiger partial charge < -0.3 is 4.74 Å². The zero-order valence-corrected chi connectivity index (χ0v) is 9.14. The molecule has 0 aromatic heterocycles. The van der Waals surface area contributed by atoms with E-state index in [9.17, 15) is 4.21 Å². The third-order valence-electron chi connectivity index (χ3n) is 1.51. The van der Waals surface area contributed by atoms with E-state index < -0.39 is 9.05 Å². The van der Waals surface area contributed by atoms with Gasteiger partial charge in [0.2, 0.25) is 0 Å². The van der Waals surface area contributed by atoms with Crippen LogP contribution in [0, 0.1) is 0 Å². The number of rotatable bonds is 4. The molecule has 0 heterocycles. The number of benzene rings is 1. The fraction of sp³-hybridized carbons (Fsp3) is 0.250. The molecule has 4 nitrogen and oxygen atoms in total. The van der Waals surface area contributed by atoms with E-state index in [1.807, 2.05) is 0 Å². The molecule has 0 saturated carbocycles. The molecule has 0 radical (unpaired) electrons. The molecule has 0 bridgehead atoms. The van der Waals surface area contributed by atoms with Gasteiger partial charge in [0, 0.05) is 11.2 Å². The van der Waals surface area contributed by atoms with Crippen LogP contribution in [0.15, 0.2) is 24.3 Å². The van der Waals surface area contributed by atoms with Crippen molar-refractivity contribution in [1.29, 1.82) is 0 Å². The third-order valence-corrected chi connectivity index (χ3v) is 2.21. The maximum absolute atomic E-state index is 10.6. The van der Waals surface area contributed by atoms with Crippen LogP contribution >= 0.6 is 0 Å². The summed E-state index contributed by atoms with van der Waals surface area (Å²) in [6.07, 6.45) is 0. The Bertz CT molecular complexity index is 400. The van der Waals surface area contributed by atoms with Gasteiger partial charge in [0.15, 0.2) is 0 Å². The second kappa shape index (κ2) is 4.70. The van der Waals surface area contributed by atoms with E-state index >= 15 is 0 Å². The molecule has 1 rings (SSSR count). The monoisotopic (exact) mass is 234 g/mol. The largest absolute Gasteiger partial charge is 0.497 e. The van der Waals surface area contributed by atoms with E-state index in [1.165, 1.54) is 0 Å². The van der Waals surface area contributed by atoms with Crippen molar-refractivity contribution in [3.05, 3.63) is 29.8 Å². The second-order valence-corrected chi connectivity index (χ2v) is 4.90. The molecule has 0 amide bonds. The minimum atomic E-state index is -3.55. The first-order valence-corrected chi connectivity index (χ1v) is 6.12. The molecule has 0 fully saturated rings. The molecule has 1 atom stereocenters. The van der Waals surface area contributed by atoms with E-state index in [1.54, 1.807) is 31.4 Å². The predicted octanol–water partition coefficient (Wildman–Crippen LogP) is 1.35. The minimum absolute atomic E-state index is 0.00394. The Morgan fingerprint density at radius 2 is 2.29 bits per heavy atom. The van der Waals surface area contributed by atoms with Gasteiger partial charge in [0.1, 0.15) is 5.75 Å². The highest BCUT2D eigenvalue weighted by Crippen LogP contribution is 2.13. The van der Waals surface area contributed by atoms with E-state index in [4.69, 9.17) is 9.29 Å². The summed E-state index contributed by atoms with van der Waals surface area (Å²) in [6.45, 7) is -0.00394. The first-order valence-electron chi connectivity index (χ1n) is 3.76. The molecule has 0 spiro atoms. The van der Waals surface area contributed by atoms with Gasteiger partial charge in [-0.2, -0.15) is 4.21 Å². The van der Waals surface area contributed by atoms with Crippen LogP contribution in [-0.4, -0.2) is 15.9 Å². The van der Waals surface area contributed by atoms with Crippen molar-refractivity contribution >= 4 is 20.2 Å². The summed E-state index contributed by atoms with van der Waals surface area (Å²) in [7, 11) is -2.01. The van der Waals surface area contributed by atoms with Crippen molar-refractivity contribution in [2.24, 2.45) is 0 Å². The standard InChI is InChI=1S/C8H10O4S2/c1-11-8-4-2-3-7(5-8)6-12-14(9,10)13/h2-5H,6H2,1H3,(H,9,10,13). The summed E-state index contributed by atoms with van der Waals surface area (Å²) in [4.78, 5) is 0. The van der Waals surface area contributed by atoms with E-state index in [0.717, 1.165) is 5.56 Å². The predicted molar refractivity (Wildman–Crippen MR) is 55.9 cm³/mol. The zero-order chi connectivity index (χ0) is 10.6. The Labute approximate surface area is 87.6 Å². The first-order chi connectivity index (χ1) is 6.51. The van der Waals surface area contributed by atoms with Crippen LogP contribution in [0.5, 0.6) is 5.75 Å². The van der Waals surface area contributed by atoms with E-state index in [-0.39, 0.29) is 6.61 Å². The Morgan fingerprint density at radius 3 is 2.86 bits per heavy atom. The lowest BCUT2D eigenvalue weighted by molar-refractivity contribution is 0.294. The molecular formula is C8H10O4S2. The van der Waals surface area contributed by atoms with Gasteiger partial charge in [-0.1, -0.05) is 12.1 Å². The van der Waals surface area contributed by atoms with Gasteiger partial charge in [0.25, 0.3) is 9.05 Å². The van der Waals surface area contributed by atoms with Crippen molar-refractivity contribution in [3.8, 4) is 5.75 Å². The molecule has 1 unspecified atom stereocenters. The van der Waals surface area contributed by atoms with Crippen LogP contribution in [0.2, 0.25) is 0 Å². The van der Waals surface area contributed by atoms with Gasteiger partial charge in [-0.3, -0.25) is 8.74 Å². The molecule has 78 valence electrons. The molecular weight excluding hydrogens is 224 g/mol. The molecule has 6 heteroatoms. The topological polar surface area (TPSA) is 55.8 Å². The lowest BCUT2D eigenvalue weighted by Crippen LogP contribution is -2.01. The zero-order valence-electron chi connectivity index (χ0n) is 7.50. The van der Waals surface area contributed by atoms with Crippen molar-refractivity contribution < 1.29 is 17.7 Å². The Hall–Kier alpha value is -0.690. The summed E-state index contributed by atoms with van der Waals surface area (Å²) < 4.78 is 28.9.